The van der Waals surface area contributed by atoms with Gasteiger partial charge in [0, 0.05) is 5.92 Å². The van der Waals surface area contributed by atoms with Gasteiger partial charge >= 0.3 is 0 Å². The Morgan fingerprint density at radius 3 is 1.94 bits per heavy atom. The minimum absolute atomic E-state index is 0.0783. The fourth-order valence-electron chi connectivity index (χ4n) is 2.14. The van der Waals surface area contributed by atoms with Crippen LogP contribution in [-0.4, -0.2) is 25.0 Å². The van der Waals surface area contributed by atoms with Crippen LogP contribution in [0.2, 0.25) is 0 Å². The molecule has 0 saturated carbocycles. The summed E-state index contributed by atoms with van der Waals surface area (Å²) in [4.78, 5) is 1.97. The standard InChI is InChI=1S/C16H24N2/c1-12(15(11-17)18(5)6)13-7-9-14(10-8-13)16(2,3)4/h7-10,12,15H,1-6H3. The molecule has 0 aliphatic rings. The van der Waals surface area contributed by atoms with Crippen molar-refractivity contribution in [2.24, 2.45) is 0 Å². The molecule has 0 aliphatic heterocycles. The Hall–Kier alpha value is -1.33. The Bertz CT molecular complexity index is 418. The predicted molar refractivity (Wildman–Crippen MR) is 76.6 cm³/mol. The van der Waals surface area contributed by atoms with Gasteiger partial charge in [-0.15, -0.1) is 0 Å². The summed E-state index contributed by atoms with van der Waals surface area (Å²) in [5.41, 5.74) is 2.73. The van der Waals surface area contributed by atoms with Crippen molar-refractivity contribution in [3.05, 3.63) is 35.4 Å². The highest BCUT2D eigenvalue weighted by Gasteiger charge is 2.21. The van der Waals surface area contributed by atoms with Gasteiger partial charge in [0.05, 0.1) is 6.07 Å². The minimum atomic E-state index is -0.0783. The Morgan fingerprint density at radius 2 is 1.61 bits per heavy atom. The monoisotopic (exact) mass is 244 g/mol. The van der Waals surface area contributed by atoms with Crippen LogP contribution < -0.4 is 0 Å². The summed E-state index contributed by atoms with van der Waals surface area (Å²) in [6, 6.07) is 10.9. The number of hydrogen-bond acceptors (Lipinski definition) is 2. The number of rotatable bonds is 3. The van der Waals surface area contributed by atoms with E-state index in [0.717, 1.165) is 0 Å². The average Bonchev–Trinajstić information content (AvgIpc) is 2.28. The van der Waals surface area contributed by atoms with Gasteiger partial charge in [-0.05, 0) is 30.6 Å². The number of hydrogen-bond donors (Lipinski definition) is 0. The second-order valence-electron chi connectivity index (χ2n) is 6.20. The molecule has 0 radical (unpaired) electrons. The molecule has 0 heterocycles. The molecule has 0 bridgehead atoms. The van der Waals surface area contributed by atoms with Gasteiger partial charge in [-0.3, -0.25) is 4.90 Å². The second-order valence-corrected chi connectivity index (χ2v) is 6.20. The SMILES string of the molecule is CC(c1ccc(C(C)(C)C)cc1)C(C#N)N(C)C. The van der Waals surface area contributed by atoms with E-state index >= 15 is 0 Å². The number of likely N-dealkylation sites (N-methyl/N-ethyl adjacent to an activating group) is 1. The molecule has 0 fully saturated rings. The first-order valence-corrected chi connectivity index (χ1v) is 6.44. The molecule has 18 heavy (non-hydrogen) atoms. The molecule has 0 saturated heterocycles. The minimum Gasteiger partial charge on any atom is -0.294 e. The molecule has 0 aromatic heterocycles. The largest absolute Gasteiger partial charge is 0.294 e. The van der Waals surface area contributed by atoms with Crippen LogP contribution in [0.3, 0.4) is 0 Å². The molecule has 1 aromatic rings. The first-order valence-electron chi connectivity index (χ1n) is 6.44. The second kappa shape index (κ2) is 5.54. The van der Waals surface area contributed by atoms with E-state index in [1.165, 1.54) is 11.1 Å². The highest BCUT2D eigenvalue weighted by molar-refractivity contribution is 5.30. The Kier molecular flexibility index (Phi) is 4.53. The lowest BCUT2D eigenvalue weighted by molar-refractivity contribution is 0.316. The molecular weight excluding hydrogens is 220 g/mol. The topological polar surface area (TPSA) is 27.0 Å². The van der Waals surface area contributed by atoms with Crippen molar-refractivity contribution >= 4 is 0 Å². The molecule has 2 unspecified atom stereocenters. The zero-order chi connectivity index (χ0) is 13.9. The molecule has 2 nitrogen and oxygen atoms in total. The molecular formula is C16H24N2. The van der Waals surface area contributed by atoms with E-state index in [1.807, 2.05) is 19.0 Å². The third-order valence-electron chi connectivity index (χ3n) is 3.46. The molecule has 2 atom stereocenters. The number of benzene rings is 1. The van der Waals surface area contributed by atoms with Crippen molar-refractivity contribution in [2.45, 2.75) is 45.1 Å². The van der Waals surface area contributed by atoms with Crippen molar-refractivity contribution in [1.82, 2.24) is 4.90 Å². The highest BCUT2D eigenvalue weighted by atomic mass is 15.1. The first-order chi connectivity index (χ1) is 8.27. The summed E-state index contributed by atoms with van der Waals surface area (Å²) in [7, 11) is 3.90. The lowest BCUT2D eigenvalue weighted by Gasteiger charge is -2.25. The van der Waals surface area contributed by atoms with Gasteiger partial charge < -0.3 is 0 Å². The molecule has 2 heteroatoms. The van der Waals surface area contributed by atoms with E-state index in [9.17, 15) is 5.26 Å². The third kappa shape index (κ3) is 3.34. The summed E-state index contributed by atoms with van der Waals surface area (Å²) < 4.78 is 0. The Balaban J connectivity index is 2.96. The highest BCUT2D eigenvalue weighted by Crippen LogP contribution is 2.26. The molecule has 98 valence electrons. The maximum Gasteiger partial charge on any atom is 0.104 e. The van der Waals surface area contributed by atoms with E-state index < -0.39 is 0 Å². The average molecular weight is 244 g/mol. The summed E-state index contributed by atoms with van der Waals surface area (Å²) in [6.07, 6.45) is 0. The van der Waals surface area contributed by atoms with Gasteiger partial charge in [0.1, 0.15) is 6.04 Å². The predicted octanol–water partition coefficient (Wildman–Crippen LogP) is 3.54. The lowest BCUT2D eigenvalue weighted by atomic mass is 9.85. The molecule has 0 spiro atoms. The van der Waals surface area contributed by atoms with Gasteiger partial charge in [-0.2, -0.15) is 5.26 Å². The van der Waals surface area contributed by atoms with Crippen LogP contribution in [0.5, 0.6) is 0 Å². The fourth-order valence-corrected chi connectivity index (χ4v) is 2.14. The van der Waals surface area contributed by atoms with Crippen molar-refractivity contribution in [1.29, 1.82) is 5.26 Å². The normalized spacial score (nSPS) is 15.2. The van der Waals surface area contributed by atoms with Crippen LogP contribution >= 0.6 is 0 Å². The molecule has 0 amide bonds. The quantitative estimate of drug-likeness (QED) is 0.813. The third-order valence-corrected chi connectivity index (χ3v) is 3.46. The Morgan fingerprint density at radius 1 is 1.11 bits per heavy atom. The van der Waals surface area contributed by atoms with E-state index in [4.69, 9.17) is 0 Å². The number of nitriles is 1. The van der Waals surface area contributed by atoms with Crippen LogP contribution in [0.25, 0.3) is 0 Å². The maximum atomic E-state index is 9.22. The summed E-state index contributed by atoms with van der Waals surface area (Å²) in [5.74, 6) is 0.221. The zero-order valence-corrected chi connectivity index (χ0v) is 12.4. The van der Waals surface area contributed by atoms with Gasteiger partial charge in [0.25, 0.3) is 0 Å². The first kappa shape index (κ1) is 14.7. The van der Waals surface area contributed by atoms with Crippen molar-refractivity contribution < 1.29 is 0 Å². The molecule has 0 aliphatic carbocycles. The van der Waals surface area contributed by atoms with Crippen molar-refractivity contribution in [2.75, 3.05) is 14.1 Å². The fraction of sp³-hybridized carbons (Fsp3) is 0.562. The summed E-state index contributed by atoms with van der Waals surface area (Å²) in [5, 5.41) is 9.22. The van der Waals surface area contributed by atoms with Crippen molar-refractivity contribution in [3.8, 4) is 6.07 Å². The smallest absolute Gasteiger partial charge is 0.104 e. The van der Waals surface area contributed by atoms with Gasteiger partial charge in [0.2, 0.25) is 0 Å². The maximum absolute atomic E-state index is 9.22. The van der Waals surface area contributed by atoms with Crippen LogP contribution in [0.15, 0.2) is 24.3 Å². The van der Waals surface area contributed by atoms with E-state index in [0.29, 0.717) is 0 Å². The van der Waals surface area contributed by atoms with E-state index in [-0.39, 0.29) is 17.4 Å². The van der Waals surface area contributed by atoms with E-state index in [1.54, 1.807) is 0 Å². The van der Waals surface area contributed by atoms with E-state index in [2.05, 4.69) is 58.0 Å². The molecule has 1 rings (SSSR count). The van der Waals surface area contributed by atoms with Gasteiger partial charge in [-0.25, -0.2) is 0 Å². The van der Waals surface area contributed by atoms with Crippen molar-refractivity contribution in [3.63, 3.8) is 0 Å². The van der Waals surface area contributed by atoms with Gasteiger partial charge in [0.15, 0.2) is 0 Å². The van der Waals surface area contributed by atoms with Crippen LogP contribution in [-0.2, 0) is 5.41 Å². The lowest BCUT2D eigenvalue weighted by Crippen LogP contribution is -2.31. The van der Waals surface area contributed by atoms with Crippen LogP contribution in [0.1, 0.15) is 44.7 Å². The van der Waals surface area contributed by atoms with Crippen LogP contribution in [0.4, 0.5) is 0 Å². The van der Waals surface area contributed by atoms with Crippen LogP contribution in [0, 0.1) is 11.3 Å². The molecule has 0 N–H and O–H groups in total. The number of nitrogens with zero attached hydrogens (tertiary/aromatic N) is 2. The summed E-state index contributed by atoms with van der Waals surface area (Å²) in [6.45, 7) is 8.75. The Labute approximate surface area is 111 Å². The summed E-state index contributed by atoms with van der Waals surface area (Å²) >= 11 is 0. The zero-order valence-electron chi connectivity index (χ0n) is 12.4. The molecule has 1 aromatic carbocycles. The van der Waals surface area contributed by atoms with Gasteiger partial charge in [-0.1, -0.05) is 52.0 Å².